The van der Waals surface area contributed by atoms with E-state index in [1.165, 1.54) is 4.90 Å². The van der Waals surface area contributed by atoms with Gasteiger partial charge in [-0.1, -0.05) is 57.9 Å². The zero-order valence-corrected chi connectivity index (χ0v) is 19.2. The highest BCUT2D eigenvalue weighted by Crippen LogP contribution is 2.48. The molecule has 7 heteroatoms. The molecule has 0 aliphatic carbocycles. The molecular formula is C25H21BrN2O4. The molecule has 3 aromatic rings. The van der Waals surface area contributed by atoms with E-state index in [4.69, 9.17) is 9.57 Å². The van der Waals surface area contributed by atoms with Gasteiger partial charge in [-0.15, -0.1) is 0 Å². The summed E-state index contributed by atoms with van der Waals surface area (Å²) in [6.07, 6.45) is -0.904. The second-order valence-electron chi connectivity index (χ2n) is 7.93. The summed E-state index contributed by atoms with van der Waals surface area (Å²) in [7, 11) is 1.55. The topological polar surface area (TPSA) is 59.1 Å². The predicted molar refractivity (Wildman–Crippen MR) is 124 cm³/mol. The lowest BCUT2D eigenvalue weighted by atomic mass is 9.90. The fourth-order valence-electron chi connectivity index (χ4n) is 4.36. The van der Waals surface area contributed by atoms with Gasteiger partial charge in [-0.2, -0.15) is 0 Å². The van der Waals surface area contributed by atoms with Gasteiger partial charge in [0.25, 0.3) is 5.91 Å². The lowest BCUT2D eigenvalue weighted by Crippen LogP contribution is -2.37. The summed E-state index contributed by atoms with van der Waals surface area (Å²) >= 11 is 3.50. The first-order valence-corrected chi connectivity index (χ1v) is 11.1. The number of fused-ring (bicyclic) bond motifs is 1. The van der Waals surface area contributed by atoms with Crippen LogP contribution in [0.2, 0.25) is 0 Å². The number of methoxy groups -OCH3 is 1. The predicted octanol–water partition coefficient (Wildman–Crippen LogP) is 4.82. The molecule has 2 amide bonds. The Hall–Kier alpha value is -3.16. The number of halogens is 1. The number of carbonyl (C=O) groups is 2. The fourth-order valence-corrected chi connectivity index (χ4v) is 4.75. The van der Waals surface area contributed by atoms with Crippen molar-refractivity contribution in [1.29, 1.82) is 0 Å². The molecule has 0 unspecified atom stereocenters. The minimum Gasteiger partial charge on any atom is -0.497 e. The highest BCUT2D eigenvalue weighted by Gasteiger charge is 2.60. The van der Waals surface area contributed by atoms with Crippen molar-refractivity contribution in [3.8, 4) is 5.75 Å². The molecule has 162 valence electrons. The van der Waals surface area contributed by atoms with E-state index < -0.39 is 18.1 Å². The molecule has 2 heterocycles. The van der Waals surface area contributed by atoms with Crippen LogP contribution in [0.4, 0.5) is 11.4 Å². The van der Waals surface area contributed by atoms with Crippen LogP contribution in [-0.2, 0) is 14.4 Å². The third kappa shape index (κ3) is 3.38. The molecule has 32 heavy (non-hydrogen) atoms. The number of aryl methyl sites for hydroxylation is 1. The number of ether oxygens (including phenoxy) is 1. The summed E-state index contributed by atoms with van der Waals surface area (Å²) in [5, 5.41) is 1.70. The number of hydroxylamine groups is 1. The lowest BCUT2D eigenvalue weighted by molar-refractivity contribution is -0.126. The van der Waals surface area contributed by atoms with Gasteiger partial charge in [0.1, 0.15) is 11.7 Å². The molecule has 2 fully saturated rings. The number of hydrogen-bond acceptors (Lipinski definition) is 5. The summed E-state index contributed by atoms with van der Waals surface area (Å²) in [6.45, 7) is 2.01. The number of rotatable bonds is 4. The molecule has 0 aromatic heterocycles. The maximum absolute atomic E-state index is 13.6. The quantitative estimate of drug-likeness (QED) is 0.488. The minimum absolute atomic E-state index is 0.281. The maximum atomic E-state index is 13.6. The zero-order valence-electron chi connectivity index (χ0n) is 17.6. The van der Waals surface area contributed by atoms with Crippen LogP contribution in [0.25, 0.3) is 0 Å². The first-order chi connectivity index (χ1) is 15.5. The highest BCUT2D eigenvalue weighted by atomic mass is 79.9. The smallest absolute Gasteiger partial charge is 0.266 e. The number of amides is 2. The number of anilines is 2. The molecule has 0 saturated carbocycles. The van der Waals surface area contributed by atoms with E-state index in [9.17, 15) is 9.59 Å². The number of imide groups is 1. The van der Waals surface area contributed by atoms with Crippen molar-refractivity contribution in [3.63, 3.8) is 0 Å². The number of benzene rings is 3. The average Bonchev–Trinajstić information content (AvgIpc) is 3.30. The highest BCUT2D eigenvalue weighted by molar-refractivity contribution is 9.10. The van der Waals surface area contributed by atoms with Crippen molar-refractivity contribution in [2.45, 2.75) is 19.1 Å². The molecule has 3 aromatic carbocycles. The monoisotopic (exact) mass is 492 g/mol. The molecule has 2 aliphatic rings. The molecule has 0 radical (unpaired) electrons. The van der Waals surface area contributed by atoms with Gasteiger partial charge < -0.3 is 4.74 Å². The van der Waals surface area contributed by atoms with Crippen LogP contribution >= 0.6 is 15.9 Å². The number of hydrogen-bond donors (Lipinski definition) is 0. The average molecular weight is 493 g/mol. The molecule has 2 saturated heterocycles. The van der Waals surface area contributed by atoms with Crippen LogP contribution in [0.1, 0.15) is 17.2 Å². The van der Waals surface area contributed by atoms with Gasteiger partial charge in [-0.05, 0) is 42.8 Å². The molecule has 3 atom stereocenters. The van der Waals surface area contributed by atoms with E-state index in [0.29, 0.717) is 11.4 Å². The van der Waals surface area contributed by atoms with E-state index in [2.05, 4.69) is 15.9 Å². The van der Waals surface area contributed by atoms with Crippen LogP contribution in [0, 0.1) is 12.8 Å². The van der Waals surface area contributed by atoms with Gasteiger partial charge in [0.15, 0.2) is 6.10 Å². The van der Waals surface area contributed by atoms with Crippen LogP contribution in [0.5, 0.6) is 5.75 Å². The second kappa shape index (κ2) is 8.07. The van der Waals surface area contributed by atoms with E-state index >= 15 is 0 Å². The number of carbonyl (C=O) groups excluding carboxylic acids is 2. The summed E-state index contributed by atoms with van der Waals surface area (Å²) in [5.41, 5.74) is 3.28. The summed E-state index contributed by atoms with van der Waals surface area (Å²) in [4.78, 5) is 34.4. The van der Waals surface area contributed by atoms with Crippen molar-refractivity contribution >= 4 is 39.1 Å². The van der Waals surface area contributed by atoms with Gasteiger partial charge in [-0.25, -0.2) is 9.96 Å². The first-order valence-electron chi connectivity index (χ1n) is 10.3. The zero-order chi connectivity index (χ0) is 22.4. The molecule has 2 aliphatic heterocycles. The Morgan fingerprint density at radius 2 is 1.62 bits per heavy atom. The summed E-state index contributed by atoms with van der Waals surface area (Å²) in [5.74, 6) is -0.749. The van der Waals surface area contributed by atoms with Gasteiger partial charge in [0.05, 0.1) is 24.5 Å². The lowest BCUT2D eigenvalue weighted by Gasteiger charge is -2.29. The van der Waals surface area contributed by atoms with Crippen molar-refractivity contribution in [3.05, 3.63) is 88.4 Å². The first kappa shape index (κ1) is 20.7. The minimum atomic E-state index is -0.904. The van der Waals surface area contributed by atoms with Gasteiger partial charge >= 0.3 is 0 Å². The molecule has 0 spiro atoms. The van der Waals surface area contributed by atoms with Crippen molar-refractivity contribution in [2.24, 2.45) is 5.92 Å². The Balaban J connectivity index is 1.58. The SMILES string of the molecule is COc1cccc(N2C(=O)[C@@H]3[C@@H](c4ccc(C)cc4)N(c4cccc(Br)c4)O[C@H]3C2=O)c1. The maximum Gasteiger partial charge on any atom is 0.266 e. The van der Waals surface area contributed by atoms with Crippen molar-refractivity contribution < 1.29 is 19.2 Å². The van der Waals surface area contributed by atoms with Crippen LogP contribution in [0.15, 0.2) is 77.3 Å². The van der Waals surface area contributed by atoms with Crippen molar-refractivity contribution in [2.75, 3.05) is 17.1 Å². The largest absolute Gasteiger partial charge is 0.497 e. The van der Waals surface area contributed by atoms with Gasteiger partial charge in [0, 0.05) is 10.5 Å². The number of nitrogens with zero attached hydrogens (tertiary/aromatic N) is 2. The van der Waals surface area contributed by atoms with E-state index in [0.717, 1.165) is 21.3 Å². The summed E-state index contributed by atoms with van der Waals surface area (Å²) < 4.78 is 6.16. The molecule has 0 N–H and O–H groups in total. The Morgan fingerprint density at radius 3 is 2.34 bits per heavy atom. The fraction of sp³-hybridized carbons (Fsp3) is 0.200. The molecule has 6 nitrogen and oxygen atoms in total. The second-order valence-corrected chi connectivity index (χ2v) is 8.84. The Labute approximate surface area is 194 Å². The Kier molecular flexibility index (Phi) is 5.23. The van der Waals surface area contributed by atoms with Crippen LogP contribution < -0.4 is 14.7 Å². The van der Waals surface area contributed by atoms with E-state index in [-0.39, 0.29) is 11.8 Å². The van der Waals surface area contributed by atoms with E-state index in [1.54, 1.807) is 36.4 Å². The van der Waals surface area contributed by atoms with Crippen molar-refractivity contribution in [1.82, 2.24) is 0 Å². The molecule has 0 bridgehead atoms. The van der Waals surface area contributed by atoms with Crippen LogP contribution in [-0.4, -0.2) is 25.0 Å². The molecule has 5 rings (SSSR count). The van der Waals surface area contributed by atoms with Crippen LogP contribution in [0.3, 0.4) is 0 Å². The normalized spacial score (nSPS) is 22.4. The van der Waals surface area contributed by atoms with Gasteiger partial charge in [-0.3, -0.25) is 14.4 Å². The standard InChI is InChI=1S/C25H21BrN2O4/c1-15-9-11-16(12-10-15)22-21-23(32-28(22)19-7-3-5-17(26)13-19)25(30)27(24(21)29)18-6-4-8-20(14-18)31-2/h3-14,21-23H,1-2H3/t21-,22-,23-/m1/s1. The molecular weight excluding hydrogens is 472 g/mol. The third-order valence-electron chi connectivity index (χ3n) is 5.91. The Bertz CT molecular complexity index is 1200. The van der Waals surface area contributed by atoms with Gasteiger partial charge in [0.2, 0.25) is 5.91 Å². The third-order valence-corrected chi connectivity index (χ3v) is 6.40. The van der Waals surface area contributed by atoms with E-state index in [1.807, 2.05) is 55.5 Å². The Morgan fingerprint density at radius 1 is 0.906 bits per heavy atom. The summed E-state index contributed by atoms with van der Waals surface area (Å²) in [6, 6.07) is 22.1.